The Morgan fingerprint density at radius 3 is 2.14 bits per heavy atom. The Morgan fingerprint density at radius 2 is 1.59 bits per heavy atom. The second-order valence-electron chi connectivity index (χ2n) is 6.34. The summed E-state index contributed by atoms with van der Waals surface area (Å²) in [6.45, 7) is 0. The summed E-state index contributed by atoms with van der Waals surface area (Å²) in [7, 11) is -6.21. The summed E-state index contributed by atoms with van der Waals surface area (Å²) >= 11 is 12.1. The number of halogens is 2. The van der Waals surface area contributed by atoms with E-state index < -0.39 is 26.0 Å². The maximum Gasteiger partial charge on any atom is 0.257 e. The van der Waals surface area contributed by atoms with E-state index in [0.29, 0.717) is 5.69 Å². The molecule has 1 aliphatic carbocycles. The van der Waals surface area contributed by atoms with E-state index in [1.54, 1.807) is 0 Å². The lowest BCUT2D eigenvalue weighted by Crippen LogP contribution is -2.26. The minimum Gasteiger partial charge on any atom is -0.322 e. The first kappa shape index (κ1) is 22.0. The van der Waals surface area contributed by atoms with Crippen LogP contribution in [-0.2, 0) is 20.0 Å². The molecule has 1 fully saturated rings. The predicted octanol–water partition coefficient (Wildman–Crippen LogP) is 2.59. The van der Waals surface area contributed by atoms with Gasteiger partial charge in [0.1, 0.15) is 4.90 Å². The first-order chi connectivity index (χ1) is 13.5. The molecular formula is C17H17Cl2N3O5S2. The molecule has 12 heteroatoms. The number of nitrogens with one attached hydrogen (secondary N) is 3. The molecule has 0 heterocycles. The van der Waals surface area contributed by atoms with Gasteiger partial charge in [-0.3, -0.25) is 4.79 Å². The van der Waals surface area contributed by atoms with Crippen molar-refractivity contribution in [3.63, 3.8) is 0 Å². The highest BCUT2D eigenvalue weighted by atomic mass is 35.5. The van der Waals surface area contributed by atoms with Crippen molar-refractivity contribution >= 4 is 54.8 Å². The van der Waals surface area contributed by atoms with Gasteiger partial charge >= 0.3 is 0 Å². The van der Waals surface area contributed by atoms with Crippen LogP contribution in [0.2, 0.25) is 10.0 Å². The molecule has 0 atom stereocenters. The van der Waals surface area contributed by atoms with Crippen molar-refractivity contribution in [3.05, 3.63) is 52.0 Å². The average molecular weight is 478 g/mol. The molecule has 0 aromatic heterocycles. The molecule has 1 amide bonds. The molecule has 3 N–H and O–H groups in total. The minimum absolute atomic E-state index is 0.0211. The molecule has 156 valence electrons. The van der Waals surface area contributed by atoms with Crippen LogP contribution in [0.15, 0.2) is 46.2 Å². The van der Waals surface area contributed by atoms with Gasteiger partial charge in [-0.1, -0.05) is 23.2 Å². The van der Waals surface area contributed by atoms with Crippen molar-refractivity contribution < 1.29 is 21.6 Å². The van der Waals surface area contributed by atoms with Gasteiger partial charge in [0, 0.05) is 11.7 Å². The second-order valence-corrected chi connectivity index (χ2v) is 10.7. The fraction of sp³-hybridized carbons (Fsp3) is 0.235. The quantitative estimate of drug-likeness (QED) is 0.565. The van der Waals surface area contributed by atoms with Crippen LogP contribution in [0, 0.1) is 0 Å². The number of rotatable bonds is 7. The van der Waals surface area contributed by atoms with E-state index in [4.69, 9.17) is 23.2 Å². The normalized spacial score (nSPS) is 14.6. The number of benzene rings is 2. The third-order valence-corrected chi connectivity index (χ3v) is 7.87. The second kappa shape index (κ2) is 8.21. The zero-order valence-corrected chi connectivity index (χ0v) is 18.2. The summed E-state index contributed by atoms with van der Waals surface area (Å²) in [5.41, 5.74) is 0.218. The monoisotopic (exact) mass is 477 g/mol. The van der Waals surface area contributed by atoms with Crippen LogP contribution in [0.5, 0.6) is 0 Å². The molecule has 1 saturated carbocycles. The van der Waals surface area contributed by atoms with Gasteiger partial charge in [0.15, 0.2) is 0 Å². The van der Waals surface area contributed by atoms with Crippen molar-refractivity contribution in [1.29, 1.82) is 0 Å². The summed E-state index contributed by atoms with van der Waals surface area (Å²) in [5, 5.41) is 2.43. The highest BCUT2D eigenvalue weighted by Gasteiger charge is 2.30. The van der Waals surface area contributed by atoms with Crippen molar-refractivity contribution in [3.8, 4) is 0 Å². The van der Waals surface area contributed by atoms with Crippen LogP contribution in [0.3, 0.4) is 0 Å². The SMILES string of the molecule is CNS(=O)(=O)c1ccc(NC(=O)c2cc(S(=O)(=O)NC3CC3)c(Cl)cc2Cl)cc1. The van der Waals surface area contributed by atoms with E-state index in [1.807, 2.05) is 0 Å². The van der Waals surface area contributed by atoms with Gasteiger partial charge in [0.05, 0.1) is 20.5 Å². The highest BCUT2D eigenvalue weighted by molar-refractivity contribution is 7.89. The van der Waals surface area contributed by atoms with E-state index in [-0.39, 0.29) is 31.4 Å². The van der Waals surface area contributed by atoms with Gasteiger partial charge in [-0.05, 0) is 56.3 Å². The Balaban J connectivity index is 1.86. The zero-order chi connectivity index (χ0) is 21.4. The van der Waals surface area contributed by atoms with Crippen molar-refractivity contribution in [2.24, 2.45) is 0 Å². The van der Waals surface area contributed by atoms with Gasteiger partial charge < -0.3 is 5.32 Å². The topological polar surface area (TPSA) is 121 Å². The lowest BCUT2D eigenvalue weighted by atomic mass is 10.2. The van der Waals surface area contributed by atoms with E-state index in [0.717, 1.165) is 18.9 Å². The van der Waals surface area contributed by atoms with Gasteiger partial charge in [0.25, 0.3) is 5.91 Å². The first-order valence-electron chi connectivity index (χ1n) is 8.40. The van der Waals surface area contributed by atoms with Crippen LogP contribution < -0.4 is 14.8 Å². The maximum atomic E-state index is 12.6. The number of carbonyl (C=O) groups is 1. The third kappa shape index (κ3) is 5.08. The van der Waals surface area contributed by atoms with Crippen LogP contribution in [0.1, 0.15) is 23.2 Å². The maximum absolute atomic E-state index is 12.6. The number of hydrogen-bond donors (Lipinski definition) is 3. The molecule has 3 rings (SSSR count). The lowest BCUT2D eigenvalue weighted by Gasteiger charge is -2.12. The van der Waals surface area contributed by atoms with Gasteiger partial charge in [-0.25, -0.2) is 26.3 Å². The molecule has 29 heavy (non-hydrogen) atoms. The third-order valence-electron chi connectivity index (χ3n) is 4.15. The molecule has 1 aliphatic rings. The number of anilines is 1. The molecule has 8 nitrogen and oxygen atoms in total. The molecule has 2 aromatic carbocycles. The van der Waals surface area contributed by atoms with Crippen molar-refractivity contribution in [2.75, 3.05) is 12.4 Å². The Bertz CT molecular complexity index is 1160. The van der Waals surface area contributed by atoms with Crippen LogP contribution >= 0.6 is 23.2 Å². The van der Waals surface area contributed by atoms with E-state index in [9.17, 15) is 21.6 Å². The van der Waals surface area contributed by atoms with Crippen LogP contribution in [0.4, 0.5) is 5.69 Å². The molecule has 0 radical (unpaired) electrons. The summed E-state index contributed by atoms with van der Waals surface area (Å²) in [4.78, 5) is 12.4. The molecule has 0 saturated heterocycles. The molecule has 0 unspecified atom stereocenters. The largest absolute Gasteiger partial charge is 0.322 e. The van der Waals surface area contributed by atoms with Crippen LogP contribution in [-0.4, -0.2) is 35.8 Å². The van der Waals surface area contributed by atoms with Gasteiger partial charge in [-0.2, -0.15) is 0 Å². The fourth-order valence-corrected chi connectivity index (χ4v) is 5.32. The highest BCUT2D eigenvalue weighted by Crippen LogP contribution is 2.31. The van der Waals surface area contributed by atoms with Gasteiger partial charge in [-0.15, -0.1) is 0 Å². The first-order valence-corrected chi connectivity index (χ1v) is 12.1. The van der Waals surface area contributed by atoms with Crippen LogP contribution in [0.25, 0.3) is 0 Å². The Labute approximate surface area is 178 Å². The fourth-order valence-electron chi connectivity index (χ4n) is 2.43. The Hall–Kier alpha value is -1.69. The number of carbonyl (C=O) groups excluding carboxylic acids is 1. The molecule has 0 spiro atoms. The standard InChI is InChI=1S/C17H17Cl2N3O5S2/c1-20-28(24,25)12-6-4-10(5-7-12)21-17(23)13-8-16(15(19)9-14(13)18)29(26,27)22-11-2-3-11/h4-9,11,20,22H,2-3H2,1H3,(H,21,23). The number of sulfonamides is 2. The number of hydrogen-bond acceptors (Lipinski definition) is 5. The Kier molecular flexibility index (Phi) is 6.23. The minimum atomic E-state index is -3.89. The smallest absolute Gasteiger partial charge is 0.257 e. The molecule has 0 bridgehead atoms. The predicted molar refractivity (Wildman–Crippen MR) is 110 cm³/mol. The van der Waals surface area contributed by atoms with E-state index in [1.165, 1.54) is 37.4 Å². The van der Waals surface area contributed by atoms with E-state index in [2.05, 4.69) is 14.8 Å². The summed E-state index contributed by atoms with van der Waals surface area (Å²) in [5.74, 6) is -0.668. The van der Waals surface area contributed by atoms with Crippen molar-refractivity contribution in [1.82, 2.24) is 9.44 Å². The number of amides is 1. The van der Waals surface area contributed by atoms with E-state index >= 15 is 0 Å². The molecule has 2 aromatic rings. The summed E-state index contributed by atoms with van der Waals surface area (Å²) in [6, 6.07) is 7.63. The molecule has 0 aliphatic heterocycles. The average Bonchev–Trinajstić information content (AvgIpc) is 3.45. The summed E-state index contributed by atoms with van der Waals surface area (Å²) in [6.07, 6.45) is 1.49. The Morgan fingerprint density at radius 1 is 0.966 bits per heavy atom. The van der Waals surface area contributed by atoms with Crippen molar-refractivity contribution in [2.45, 2.75) is 28.7 Å². The lowest BCUT2D eigenvalue weighted by molar-refractivity contribution is 0.102. The van der Waals surface area contributed by atoms with Gasteiger partial charge in [0.2, 0.25) is 20.0 Å². The molecular weight excluding hydrogens is 461 g/mol. The zero-order valence-electron chi connectivity index (χ0n) is 15.1. The summed E-state index contributed by atoms with van der Waals surface area (Å²) < 4.78 is 53.1.